The summed E-state index contributed by atoms with van der Waals surface area (Å²) in [5, 5.41) is 7.06. The molecule has 5 rings (SSSR count). The number of hydrogen-bond acceptors (Lipinski definition) is 5. The maximum atomic E-state index is 15.4. The Hall–Kier alpha value is -3.62. The van der Waals surface area contributed by atoms with Gasteiger partial charge in [-0.25, -0.2) is 13.6 Å². The second kappa shape index (κ2) is 8.62. The highest BCUT2D eigenvalue weighted by atomic mass is 19.1. The van der Waals surface area contributed by atoms with Gasteiger partial charge in [-0.15, -0.1) is 0 Å². The zero-order chi connectivity index (χ0) is 23.9. The van der Waals surface area contributed by atoms with Crippen LogP contribution in [0, 0.1) is 11.6 Å². The molecule has 7 nitrogen and oxygen atoms in total. The smallest absolute Gasteiger partial charge is 0.338 e. The molecule has 9 heteroatoms. The lowest BCUT2D eigenvalue weighted by atomic mass is 9.93. The highest BCUT2D eigenvalue weighted by Gasteiger charge is 2.52. The Bertz CT molecular complexity index is 1250. The van der Waals surface area contributed by atoms with Gasteiger partial charge >= 0.3 is 5.97 Å². The summed E-state index contributed by atoms with van der Waals surface area (Å²) in [6.07, 6.45) is 8.60. The van der Waals surface area contributed by atoms with Crippen LogP contribution in [0.25, 0.3) is 11.1 Å². The van der Waals surface area contributed by atoms with Gasteiger partial charge in [0.15, 0.2) is 0 Å². The highest BCUT2D eigenvalue weighted by molar-refractivity contribution is 6.03. The molecule has 2 saturated carbocycles. The van der Waals surface area contributed by atoms with E-state index in [0.717, 1.165) is 25.5 Å². The van der Waals surface area contributed by atoms with E-state index in [1.54, 1.807) is 17.8 Å². The first-order chi connectivity index (χ1) is 16.4. The van der Waals surface area contributed by atoms with Crippen molar-refractivity contribution in [3.05, 3.63) is 65.7 Å². The van der Waals surface area contributed by atoms with Crippen LogP contribution in [0.1, 0.15) is 61.1 Å². The van der Waals surface area contributed by atoms with Crippen molar-refractivity contribution >= 4 is 17.6 Å². The van der Waals surface area contributed by atoms with Crippen molar-refractivity contribution in [3.8, 4) is 11.1 Å². The lowest BCUT2D eigenvalue weighted by molar-refractivity contribution is -0.118. The standard InChI is InChI=1S/C25H24F2N4O3/c1-2-34-23(32)19-10-17(30-24(33)25(8-9-25)21-7-6-16(26)13-28-21)11-20(27)22(19)15-12-29-31(14-15)18-4-3-5-18/h6-7,10-14,18H,2-5,8-9H2,1H3,(H,30,33). The summed E-state index contributed by atoms with van der Waals surface area (Å²) in [6.45, 7) is 1.79. The largest absolute Gasteiger partial charge is 0.462 e. The van der Waals surface area contributed by atoms with Crippen LogP contribution < -0.4 is 5.32 Å². The van der Waals surface area contributed by atoms with Crippen LogP contribution in [-0.2, 0) is 14.9 Å². The number of amides is 1. The average Bonchev–Trinajstić information content (AvgIpc) is 3.46. The number of ether oxygens (including phenoxy) is 1. The van der Waals surface area contributed by atoms with Crippen molar-refractivity contribution < 1.29 is 23.1 Å². The molecule has 0 unspecified atom stereocenters. The summed E-state index contributed by atoms with van der Waals surface area (Å²) in [4.78, 5) is 29.9. The quantitative estimate of drug-likeness (QED) is 0.506. The van der Waals surface area contributed by atoms with Crippen LogP contribution in [0.15, 0.2) is 42.9 Å². The van der Waals surface area contributed by atoms with Crippen molar-refractivity contribution in [1.82, 2.24) is 14.8 Å². The topological polar surface area (TPSA) is 86.1 Å². The highest BCUT2D eigenvalue weighted by Crippen LogP contribution is 2.48. The number of anilines is 1. The number of benzene rings is 1. The summed E-state index contributed by atoms with van der Waals surface area (Å²) in [5.41, 5.74) is 0.265. The maximum Gasteiger partial charge on any atom is 0.338 e. The number of carbonyl (C=O) groups is 2. The molecule has 0 bridgehead atoms. The van der Waals surface area contributed by atoms with Crippen molar-refractivity contribution in [1.29, 1.82) is 0 Å². The molecule has 3 aromatic rings. The third-order valence-corrected chi connectivity index (χ3v) is 6.58. The van der Waals surface area contributed by atoms with Crippen molar-refractivity contribution in [3.63, 3.8) is 0 Å². The molecule has 0 aliphatic heterocycles. The number of aromatic nitrogens is 3. The van der Waals surface area contributed by atoms with Crippen molar-refractivity contribution in [2.45, 2.75) is 50.5 Å². The van der Waals surface area contributed by atoms with E-state index < -0.39 is 23.0 Å². The molecular weight excluding hydrogens is 442 g/mol. The SMILES string of the molecule is CCOC(=O)c1cc(NC(=O)C2(c3ccc(F)cn3)CC2)cc(F)c1-c1cnn(C2CCC2)c1. The molecule has 2 fully saturated rings. The zero-order valence-corrected chi connectivity index (χ0v) is 18.7. The number of carbonyl (C=O) groups excluding carboxylic acids is 2. The molecule has 1 amide bonds. The number of halogens is 2. The normalized spacial score (nSPS) is 16.6. The first kappa shape index (κ1) is 22.2. The van der Waals surface area contributed by atoms with E-state index in [0.29, 0.717) is 24.1 Å². The molecule has 1 aromatic carbocycles. The molecule has 2 aromatic heterocycles. The number of rotatable bonds is 7. The second-order valence-electron chi connectivity index (χ2n) is 8.79. The minimum atomic E-state index is -0.892. The van der Waals surface area contributed by atoms with Crippen LogP contribution in [0.2, 0.25) is 0 Å². The number of pyridine rings is 1. The number of hydrogen-bond donors (Lipinski definition) is 1. The lowest BCUT2D eigenvalue weighted by Crippen LogP contribution is -2.29. The van der Waals surface area contributed by atoms with Gasteiger partial charge in [0.2, 0.25) is 5.91 Å². The van der Waals surface area contributed by atoms with Gasteiger partial charge in [0.05, 0.1) is 41.7 Å². The minimum Gasteiger partial charge on any atom is -0.462 e. The number of nitrogens with zero attached hydrogens (tertiary/aromatic N) is 3. The Kier molecular flexibility index (Phi) is 5.63. The van der Waals surface area contributed by atoms with Crippen LogP contribution >= 0.6 is 0 Å². The van der Waals surface area contributed by atoms with Gasteiger partial charge in [0, 0.05) is 23.0 Å². The fraction of sp³-hybridized carbons (Fsp3) is 0.360. The Labute approximate surface area is 195 Å². The van der Waals surface area contributed by atoms with E-state index in [-0.39, 0.29) is 35.4 Å². The molecular formula is C25H24F2N4O3. The predicted octanol–water partition coefficient (Wildman–Crippen LogP) is 4.80. The zero-order valence-electron chi connectivity index (χ0n) is 18.7. The molecule has 0 saturated heterocycles. The summed E-state index contributed by atoms with van der Waals surface area (Å²) in [6, 6.07) is 5.63. The molecule has 2 aliphatic rings. The molecule has 2 aliphatic carbocycles. The first-order valence-corrected chi connectivity index (χ1v) is 11.4. The molecule has 0 radical (unpaired) electrons. The van der Waals surface area contributed by atoms with E-state index in [2.05, 4.69) is 15.4 Å². The van der Waals surface area contributed by atoms with Gasteiger partial charge in [0.1, 0.15) is 11.6 Å². The van der Waals surface area contributed by atoms with Crippen LogP contribution in [0.5, 0.6) is 0 Å². The fourth-order valence-electron chi connectivity index (χ4n) is 4.29. The number of nitrogens with one attached hydrogen (secondary N) is 1. The third-order valence-electron chi connectivity index (χ3n) is 6.58. The summed E-state index contributed by atoms with van der Waals surface area (Å²) in [7, 11) is 0. The molecule has 0 spiro atoms. The van der Waals surface area contributed by atoms with Gasteiger partial charge in [-0.3, -0.25) is 14.5 Å². The summed E-state index contributed by atoms with van der Waals surface area (Å²) >= 11 is 0. The molecule has 2 heterocycles. The van der Waals surface area contributed by atoms with Gasteiger partial charge in [0.25, 0.3) is 0 Å². The van der Waals surface area contributed by atoms with Crippen molar-refractivity contribution in [2.75, 3.05) is 11.9 Å². The number of esters is 1. The van der Waals surface area contributed by atoms with E-state index in [9.17, 15) is 14.0 Å². The Morgan fingerprint density at radius 3 is 2.62 bits per heavy atom. The van der Waals surface area contributed by atoms with E-state index in [1.165, 1.54) is 30.5 Å². The predicted molar refractivity (Wildman–Crippen MR) is 120 cm³/mol. The van der Waals surface area contributed by atoms with E-state index in [1.807, 2.05) is 0 Å². The van der Waals surface area contributed by atoms with Gasteiger partial charge in [-0.1, -0.05) is 0 Å². The summed E-state index contributed by atoms with van der Waals surface area (Å²) in [5.74, 6) is -2.23. The van der Waals surface area contributed by atoms with E-state index in [4.69, 9.17) is 4.74 Å². The lowest BCUT2D eigenvalue weighted by Gasteiger charge is -2.25. The van der Waals surface area contributed by atoms with Gasteiger partial charge in [-0.2, -0.15) is 5.10 Å². The van der Waals surface area contributed by atoms with Gasteiger partial charge < -0.3 is 10.1 Å². The average molecular weight is 466 g/mol. The van der Waals surface area contributed by atoms with Crippen molar-refractivity contribution in [2.24, 2.45) is 0 Å². The summed E-state index contributed by atoms with van der Waals surface area (Å²) < 4.78 is 35.6. The van der Waals surface area contributed by atoms with E-state index >= 15 is 4.39 Å². The Morgan fingerprint density at radius 1 is 1.21 bits per heavy atom. The molecule has 34 heavy (non-hydrogen) atoms. The third kappa shape index (κ3) is 3.95. The maximum absolute atomic E-state index is 15.4. The van der Waals surface area contributed by atoms with Crippen LogP contribution in [0.3, 0.4) is 0 Å². The monoisotopic (exact) mass is 466 g/mol. The molecule has 1 N–H and O–H groups in total. The minimum absolute atomic E-state index is 0.00932. The molecule has 176 valence electrons. The first-order valence-electron chi connectivity index (χ1n) is 11.4. The fourth-order valence-corrected chi connectivity index (χ4v) is 4.29. The van der Waals surface area contributed by atoms with Crippen LogP contribution in [-0.4, -0.2) is 33.2 Å². The second-order valence-corrected chi connectivity index (χ2v) is 8.79. The molecule has 0 atom stereocenters. The Balaban J connectivity index is 1.46. The van der Waals surface area contributed by atoms with Gasteiger partial charge in [-0.05, 0) is 63.3 Å². The Morgan fingerprint density at radius 2 is 2.00 bits per heavy atom. The van der Waals surface area contributed by atoms with Crippen LogP contribution in [0.4, 0.5) is 14.5 Å².